The van der Waals surface area contributed by atoms with E-state index in [1.54, 1.807) is 54.6 Å². The van der Waals surface area contributed by atoms with Gasteiger partial charge in [0.1, 0.15) is 0 Å². The number of hydrogen-bond donors (Lipinski definition) is 0. The van der Waals surface area contributed by atoms with E-state index in [4.69, 9.17) is 4.74 Å². The Balaban J connectivity index is 1.57. The average Bonchev–Trinajstić information content (AvgIpc) is 3.40. The highest BCUT2D eigenvalue weighted by molar-refractivity contribution is 9.10. The van der Waals surface area contributed by atoms with E-state index in [2.05, 4.69) is 15.9 Å². The Morgan fingerprint density at radius 2 is 1.47 bits per heavy atom. The molecule has 6 nitrogen and oxygen atoms in total. The molecule has 0 aromatic heterocycles. The Bertz CT molecular complexity index is 1390. The number of benzene rings is 3. The van der Waals surface area contributed by atoms with Crippen LogP contribution in [0, 0.1) is 18.8 Å². The lowest BCUT2D eigenvalue weighted by molar-refractivity contribution is -0.127. The molecule has 0 saturated carbocycles. The molecule has 0 bridgehead atoms. The van der Waals surface area contributed by atoms with Gasteiger partial charge in [0, 0.05) is 15.6 Å². The van der Waals surface area contributed by atoms with Crippen LogP contribution in [0.3, 0.4) is 0 Å². The van der Waals surface area contributed by atoms with Crippen molar-refractivity contribution >= 4 is 45.0 Å². The first-order chi connectivity index (χ1) is 16.4. The molecule has 3 aromatic rings. The molecule has 2 aliphatic heterocycles. The lowest BCUT2D eigenvalue weighted by Crippen LogP contribution is -2.51. The van der Waals surface area contributed by atoms with Gasteiger partial charge in [-0.1, -0.05) is 66.2 Å². The number of rotatable bonds is 2. The lowest BCUT2D eigenvalue weighted by atomic mass is 9.77. The summed E-state index contributed by atoms with van der Waals surface area (Å²) in [5.74, 6) is -4.48. The van der Waals surface area contributed by atoms with Crippen molar-refractivity contribution in [3.05, 3.63) is 99.5 Å². The normalized spacial score (nSPS) is 24.8. The lowest BCUT2D eigenvalue weighted by Gasteiger charge is -2.27. The van der Waals surface area contributed by atoms with Gasteiger partial charge in [0.2, 0.25) is 29.0 Å². The second-order valence-corrected chi connectivity index (χ2v) is 9.71. The molecule has 2 saturated heterocycles. The van der Waals surface area contributed by atoms with Crippen molar-refractivity contribution in [2.45, 2.75) is 18.6 Å². The van der Waals surface area contributed by atoms with Gasteiger partial charge >= 0.3 is 0 Å². The van der Waals surface area contributed by atoms with Crippen LogP contribution in [0.1, 0.15) is 37.9 Å². The fourth-order valence-corrected chi connectivity index (χ4v) is 6.00. The van der Waals surface area contributed by atoms with Gasteiger partial charge in [0.05, 0.1) is 23.6 Å². The van der Waals surface area contributed by atoms with Gasteiger partial charge in [-0.15, -0.1) is 0 Å². The van der Waals surface area contributed by atoms with Gasteiger partial charge in [-0.2, -0.15) is 0 Å². The number of anilines is 1. The Morgan fingerprint density at radius 1 is 0.824 bits per heavy atom. The summed E-state index contributed by atoms with van der Waals surface area (Å²) in [6, 6.07) is 20.7. The van der Waals surface area contributed by atoms with Crippen LogP contribution in [0.5, 0.6) is 0 Å². The van der Waals surface area contributed by atoms with Crippen LogP contribution < -0.4 is 4.90 Å². The second kappa shape index (κ2) is 7.29. The van der Waals surface area contributed by atoms with Crippen molar-refractivity contribution in [3.8, 4) is 0 Å². The molecule has 168 valence electrons. The van der Waals surface area contributed by atoms with E-state index < -0.39 is 46.9 Å². The maximum absolute atomic E-state index is 13.9. The first kappa shape index (κ1) is 21.1. The van der Waals surface area contributed by atoms with Crippen LogP contribution in [0.15, 0.2) is 77.3 Å². The molecule has 0 radical (unpaired) electrons. The number of fused-ring (bicyclic) bond motifs is 3. The van der Waals surface area contributed by atoms with Crippen molar-refractivity contribution < 1.29 is 23.9 Å². The number of aryl methyl sites for hydroxylation is 1. The minimum absolute atomic E-state index is 0.218. The largest absolute Gasteiger partial charge is 0.349 e. The number of ketones is 2. The number of ether oxygens (including phenoxy) is 1. The van der Waals surface area contributed by atoms with Crippen molar-refractivity contribution in [2.75, 3.05) is 4.90 Å². The average molecular weight is 516 g/mol. The predicted octanol–water partition coefficient (Wildman–Crippen LogP) is 4.45. The number of para-hydroxylation sites is 1. The van der Waals surface area contributed by atoms with Crippen molar-refractivity contribution in [1.82, 2.24) is 0 Å². The number of halogens is 1. The fraction of sp³-hybridized carbons (Fsp3) is 0.185. The van der Waals surface area contributed by atoms with Crippen LogP contribution in [0.25, 0.3) is 0 Å². The molecular weight excluding hydrogens is 498 g/mol. The first-order valence-corrected chi connectivity index (χ1v) is 11.7. The number of imide groups is 1. The molecule has 0 unspecified atom stereocenters. The zero-order valence-corrected chi connectivity index (χ0v) is 19.6. The summed E-state index contributed by atoms with van der Waals surface area (Å²) in [5, 5.41) is 0. The molecule has 3 atom stereocenters. The van der Waals surface area contributed by atoms with Gasteiger partial charge in [0.25, 0.3) is 0 Å². The van der Waals surface area contributed by atoms with Crippen molar-refractivity contribution in [3.63, 3.8) is 0 Å². The van der Waals surface area contributed by atoms with Crippen LogP contribution in [-0.2, 0) is 14.3 Å². The van der Waals surface area contributed by atoms with E-state index in [1.807, 2.05) is 25.1 Å². The van der Waals surface area contributed by atoms with E-state index in [1.165, 1.54) is 0 Å². The molecule has 0 N–H and O–H groups in total. The number of carbonyl (C=O) groups excluding carboxylic acids is 4. The Morgan fingerprint density at radius 3 is 2.12 bits per heavy atom. The van der Waals surface area contributed by atoms with Gasteiger partial charge in [0.15, 0.2) is 0 Å². The van der Waals surface area contributed by atoms with Crippen molar-refractivity contribution in [2.24, 2.45) is 11.8 Å². The van der Waals surface area contributed by atoms with Gasteiger partial charge in [-0.05, 0) is 40.5 Å². The van der Waals surface area contributed by atoms with Crippen LogP contribution >= 0.6 is 15.9 Å². The minimum atomic E-state index is -2.06. The SMILES string of the molecule is Cc1cccc([C@@H]2OC3(C(=O)c4ccccc4C3=O)[C@H]3C(=O)N(c4ccccc4Br)C(=O)[C@@H]23)c1. The Labute approximate surface area is 203 Å². The molecule has 3 aliphatic rings. The minimum Gasteiger partial charge on any atom is -0.349 e. The van der Waals surface area contributed by atoms with Crippen LogP contribution in [-0.4, -0.2) is 29.0 Å². The number of amides is 2. The van der Waals surface area contributed by atoms with E-state index >= 15 is 0 Å². The standard InChI is InChI=1S/C27H18BrNO5/c1-14-7-6-8-15(13-14)22-20-21(26(33)29(25(20)32)19-12-5-4-11-18(19)28)27(34-22)23(30)16-9-2-3-10-17(16)24(27)31/h2-13,20-22H,1H3/t20-,21-,22+/m1/s1. The zero-order valence-electron chi connectivity index (χ0n) is 18.0. The molecule has 1 spiro atoms. The zero-order chi connectivity index (χ0) is 23.8. The van der Waals surface area contributed by atoms with E-state index in [9.17, 15) is 19.2 Å². The third-order valence-corrected chi connectivity index (χ3v) is 7.65. The maximum Gasteiger partial charge on any atom is 0.241 e. The topological polar surface area (TPSA) is 80.8 Å². The van der Waals surface area contributed by atoms with Gasteiger partial charge < -0.3 is 4.74 Å². The summed E-state index contributed by atoms with van der Waals surface area (Å²) in [4.78, 5) is 56.3. The highest BCUT2D eigenvalue weighted by Gasteiger charge is 2.74. The summed E-state index contributed by atoms with van der Waals surface area (Å²) in [6.07, 6.45) is -0.920. The molecule has 3 aromatic carbocycles. The quantitative estimate of drug-likeness (QED) is 0.372. The smallest absolute Gasteiger partial charge is 0.241 e. The summed E-state index contributed by atoms with van der Waals surface area (Å²) in [5.41, 5.74) is 0.335. The molecular formula is C27H18BrNO5. The molecule has 34 heavy (non-hydrogen) atoms. The highest BCUT2D eigenvalue weighted by Crippen LogP contribution is 2.58. The monoisotopic (exact) mass is 515 g/mol. The number of nitrogens with zero attached hydrogens (tertiary/aromatic N) is 1. The van der Waals surface area contributed by atoms with Crippen LogP contribution in [0.2, 0.25) is 0 Å². The predicted molar refractivity (Wildman–Crippen MR) is 126 cm³/mol. The third kappa shape index (κ3) is 2.59. The summed E-state index contributed by atoms with van der Waals surface area (Å²) >= 11 is 3.42. The molecule has 2 amide bonds. The molecule has 2 fully saturated rings. The maximum atomic E-state index is 13.9. The number of carbonyl (C=O) groups is 4. The Kier molecular flexibility index (Phi) is 4.53. The van der Waals surface area contributed by atoms with Gasteiger partial charge in [-0.3, -0.25) is 19.2 Å². The second-order valence-electron chi connectivity index (χ2n) is 8.86. The summed E-state index contributed by atoms with van der Waals surface area (Å²) in [6.45, 7) is 1.91. The Hall–Kier alpha value is -3.42. The van der Waals surface area contributed by atoms with Gasteiger partial charge in [-0.25, -0.2) is 4.90 Å². The van der Waals surface area contributed by atoms with Crippen LogP contribution in [0.4, 0.5) is 5.69 Å². The molecule has 7 heteroatoms. The molecule has 2 heterocycles. The van der Waals surface area contributed by atoms with Crippen molar-refractivity contribution in [1.29, 1.82) is 0 Å². The van der Waals surface area contributed by atoms with E-state index in [0.29, 0.717) is 15.7 Å². The first-order valence-electron chi connectivity index (χ1n) is 10.9. The summed E-state index contributed by atoms with van der Waals surface area (Å²) in [7, 11) is 0. The highest BCUT2D eigenvalue weighted by atomic mass is 79.9. The molecule has 6 rings (SSSR count). The number of Topliss-reactive ketones (excluding diaryl/α,β-unsaturated/α-hetero) is 2. The molecule has 1 aliphatic carbocycles. The number of hydrogen-bond acceptors (Lipinski definition) is 5. The van der Waals surface area contributed by atoms with E-state index in [0.717, 1.165) is 10.5 Å². The third-order valence-electron chi connectivity index (χ3n) is 6.98. The fourth-order valence-electron chi connectivity index (χ4n) is 5.54. The summed E-state index contributed by atoms with van der Waals surface area (Å²) < 4.78 is 6.86. The van der Waals surface area contributed by atoms with E-state index in [-0.39, 0.29) is 11.1 Å².